The highest BCUT2D eigenvalue weighted by Gasteiger charge is 2.35. The molecule has 0 saturated carbocycles. The summed E-state index contributed by atoms with van der Waals surface area (Å²) in [5, 5.41) is 8.46. The van der Waals surface area contributed by atoms with E-state index in [9.17, 15) is 22.4 Å². The van der Waals surface area contributed by atoms with Gasteiger partial charge in [-0.25, -0.2) is 14.4 Å². The van der Waals surface area contributed by atoms with Crippen LogP contribution in [-0.4, -0.2) is 26.1 Å². The number of carbonyl (C=O) groups is 1. The summed E-state index contributed by atoms with van der Waals surface area (Å²) in [5.74, 6) is -2.30. The second-order valence-corrected chi connectivity index (χ2v) is 5.58. The second-order valence-electron chi connectivity index (χ2n) is 5.17. The molecule has 0 saturated heterocycles. The van der Waals surface area contributed by atoms with Crippen molar-refractivity contribution in [2.24, 2.45) is 0 Å². The number of aromatic nitrogens is 4. The molecule has 0 bridgehead atoms. The number of benzene rings is 1. The van der Waals surface area contributed by atoms with E-state index in [1.165, 1.54) is 12.3 Å². The molecule has 12 heteroatoms. The van der Waals surface area contributed by atoms with Gasteiger partial charge in [0.2, 0.25) is 0 Å². The van der Waals surface area contributed by atoms with Crippen molar-refractivity contribution in [3.8, 4) is 11.6 Å². The number of carbonyl (C=O) groups excluding carboxylic acids is 1. The summed E-state index contributed by atoms with van der Waals surface area (Å²) in [5.41, 5.74) is -1.99. The van der Waals surface area contributed by atoms with E-state index in [4.69, 9.17) is 16.3 Å². The smallest absolute Gasteiger partial charge is 0.435 e. The molecule has 0 atom stereocenters. The van der Waals surface area contributed by atoms with Crippen LogP contribution in [0.2, 0.25) is 5.02 Å². The van der Waals surface area contributed by atoms with Crippen molar-refractivity contribution in [1.82, 2.24) is 20.2 Å². The summed E-state index contributed by atoms with van der Waals surface area (Å²) in [7, 11) is 0. The Bertz CT molecular complexity index is 1020. The van der Waals surface area contributed by atoms with Crippen molar-refractivity contribution in [2.45, 2.75) is 6.18 Å². The summed E-state index contributed by atoms with van der Waals surface area (Å²) in [6.45, 7) is 0. The SMILES string of the molecule is O=C(Nc1ccncn1)c1cc(C(F)(F)F)nnc1Oc1ccc(F)cc1Cl. The normalized spacial score (nSPS) is 11.2. The maximum Gasteiger partial charge on any atom is 0.435 e. The monoisotopic (exact) mass is 413 g/mol. The third-order valence-corrected chi connectivity index (χ3v) is 3.51. The predicted molar refractivity (Wildman–Crippen MR) is 88.5 cm³/mol. The van der Waals surface area contributed by atoms with E-state index in [2.05, 4.69) is 25.5 Å². The van der Waals surface area contributed by atoms with Crippen LogP contribution in [0.25, 0.3) is 0 Å². The highest BCUT2D eigenvalue weighted by molar-refractivity contribution is 6.32. The minimum Gasteiger partial charge on any atom is -0.435 e. The molecule has 3 aromatic rings. The first kappa shape index (κ1) is 19.4. The lowest BCUT2D eigenvalue weighted by molar-refractivity contribution is -0.141. The Morgan fingerprint density at radius 3 is 2.57 bits per heavy atom. The van der Waals surface area contributed by atoms with Crippen LogP contribution in [0, 0.1) is 5.82 Å². The van der Waals surface area contributed by atoms with Crippen molar-refractivity contribution >= 4 is 23.3 Å². The Labute approximate surface area is 159 Å². The minimum absolute atomic E-state index is 0.0381. The van der Waals surface area contributed by atoms with E-state index in [1.807, 2.05) is 0 Å². The van der Waals surface area contributed by atoms with Crippen molar-refractivity contribution in [1.29, 1.82) is 0 Å². The van der Waals surface area contributed by atoms with Crippen LogP contribution in [0.1, 0.15) is 16.1 Å². The van der Waals surface area contributed by atoms with Crippen LogP contribution in [0.5, 0.6) is 11.6 Å². The van der Waals surface area contributed by atoms with Gasteiger partial charge in [0.25, 0.3) is 11.8 Å². The number of nitrogens with zero attached hydrogens (tertiary/aromatic N) is 4. The van der Waals surface area contributed by atoms with Crippen LogP contribution < -0.4 is 10.1 Å². The first-order valence-electron chi connectivity index (χ1n) is 7.39. The van der Waals surface area contributed by atoms with E-state index in [0.717, 1.165) is 24.5 Å². The second kappa shape index (κ2) is 7.72. The number of rotatable bonds is 4. The lowest BCUT2D eigenvalue weighted by atomic mass is 10.2. The Balaban J connectivity index is 2.00. The predicted octanol–water partition coefficient (Wildman–Crippen LogP) is 4.12. The molecule has 1 N–H and O–H groups in total. The maximum atomic E-state index is 13.2. The number of nitrogens with one attached hydrogen (secondary N) is 1. The van der Waals surface area contributed by atoms with E-state index in [1.54, 1.807) is 0 Å². The molecule has 0 radical (unpaired) electrons. The number of amides is 1. The van der Waals surface area contributed by atoms with E-state index in [-0.39, 0.29) is 16.6 Å². The number of halogens is 5. The molecule has 0 aliphatic rings. The Hall–Kier alpha value is -3.34. The van der Waals surface area contributed by atoms with E-state index in [0.29, 0.717) is 6.07 Å². The molecule has 0 spiro atoms. The molecule has 0 fully saturated rings. The van der Waals surface area contributed by atoms with E-state index >= 15 is 0 Å². The fraction of sp³-hybridized carbons (Fsp3) is 0.0625. The maximum absolute atomic E-state index is 13.2. The fourth-order valence-corrected chi connectivity index (χ4v) is 2.17. The zero-order valence-electron chi connectivity index (χ0n) is 13.5. The molecule has 1 amide bonds. The highest BCUT2D eigenvalue weighted by atomic mass is 35.5. The van der Waals surface area contributed by atoms with Gasteiger partial charge in [-0.3, -0.25) is 4.79 Å². The topological polar surface area (TPSA) is 89.9 Å². The first-order valence-corrected chi connectivity index (χ1v) is 7.77. The lowest BCUT2D eigenvalue weighted by Crippen LogP contribution is -2.18. The molecule has 3 rings (SSSR count). The van der Waals surface area contributed by atoms with Crippen molar-refractivity contribution in [3.63, 3.8) is 0 Å². The number of ether oxygens (including phenoxy) is 1. The largest absolute Gasteiger partial charge is 0.435 e. The molecular weight excluding hydrogens is 406 g/mol. The van der Waals surface area contributed by atoms with Gasteiger partial charge in [-0.2, -0.15) is 13.2 Å². The molecule has 0 aliphatic carbocycles. The van der Waals surface area contributed by atoms with Gasteiger partial charge in [0.1, 0.15) is 29.3 Å². The molecule has 7 nitrogen and oxygen atoms in total. The van der Waals surface area contributed by atoms with Crippen LogP contribution in [0.15, 0.2) is 42.9 Å². The minimum atomic E-state index is -4.84. The van der Waals surface area contributed by atoms with Crippen LogP contribution in [-0.2, 0) is 6.18 Å². The molecule has 2 heterocycles. The third-order valence-electron chi connectivity index (χ3n) is 3.22. The van der Waals surface area contributed by atoms with Crippen molar-refractivity contribution in [2.75, 3.05) is 5.32 Å². The summed E-state index contributed by atoms with van der Waals surface area (Å²) >= 11 is 5.83. The highest BCUT2D eigenvalue weighted by Crippen LogP contribution is 2.33. The van der Waals surface area contributed by atoms with Gasteiger partial charge in [-0.05, 0) is 30.3 Å². The number of hydrogen-bond donors (Lipinski definition) is 1. The average Bonchev–Trinajstić information content (AvgIpc) is 2.64. The number of hydrogen-bond acceptors (Lipinski definition) is 6. The number of alkyl halides is 3. The molecule has 2 aromatic heterocycles. The Kier molecular flexibility index (Phi) is 5.36. The van der Waals surface area contributed by atoms with Gasteiger partial charge in [-0.15, -0.1) is 10.2 Å². The quantitative estimate of drug-likeness (QED) is 0.647. The third kappa shape index (κ3) is 4.49. The van der Waals surface area contributed by atoms with Gasteiger partial charge in [0.05, 0.1) is 5.02 Å². The summed E-state index contributed by atoms with van der Waals surface area (Å²) in [6, 6.07) is 4.86. The summed E-state index contributed by atoms with van der Waals surface area (Å²) in [4.78, 5) is 19.9. The summed E-state index contributed by atoms with van der Waals surface area (Å²) < 4.78 is 57.3. The van der Waals surface area contributed by atoms with Crippen molar-refractivity contribution in [3.05, 3.63) is 65.0 Å². The Morgan fingerprint density at radius 1 is 1.14 bits per heavy atom. The molecule has 28 heavy (non-hydrogen) atoms. The standard InChI is InChI=1S/C16H8ClF4N5O2/c17-10-5-8(18)1-2-11(10)28-15-9(6-12(25-26-15)16(19,20)21)14(27)24-13-3-4-22-7-23-13/h1-7H,(H,22,23,24,27). The molecule has 0 aliphatic heterocycles. The molecule has 144 valence electrons. The Morgan fingerprint density at radius 2 is 1.93 bits per heavy atom. The fourth-order valence-electron chi connectivity index (χ4n) is 1.97. The number of anilines is 1. The van der Waals surface area contributed by atoms with Crippen LogP contribution in [0.4, 0.5) is 23.4 Å². The van der Waals surface area contributed by atoms with E-state index < -0.39 is 35.0 Å². The zero-order chi connectivity index (χ0) is 20.3. The van der Waals surface area contributed by atoms with Gasteiger partial charge in [-0.1, -0.05) is 11.6 Å². The van der Waals surface area contributed by atoms with Crippen molar-refractivity contribution < 1.29 is 27.1 Å². The molecular formula is C16H8ClF4N5O2. The first-order chi connectivity index (χ1) is 13.2. The van der Waals surface area contributed by atoms with Gasteiger partial charge >= 0.3 is 6.18 Å². The molecule has 0 unspecified atom stereocenters. The van der Waals surface area contributed by atoms with Gasteiger partial charge in [0.15, 0.2) is 5.69 Å². The van der Waals surface area contributed by atoms with Crippen LogP contribution >= 0.6 is 11.6 Å². The van der Waals surface area contributed by atoms with Crippen LogP contribution in [0.3, 0.4) is 0 Å². The zero-order valence-corrected chi connectivity index (χ0v) is 14.3. The molecule has 1 aromatic carbocycles. The van der Waals surface area contributed by atoms with Gasteiger partial charge in [0, 0.05) is 6.20 Å². The average molecular weight is 414 g/mol. The summed E-state index contributed by atoms with van der Waals surface area (Å²) in [6.07, 6.45) is -2.38. The van der Waals surface area contributed by atoms with Gasteiger partial charge < -0.3 is 10.1 Å². The lowest BCUT2D eigenvalue weighted by Gasteiger charge is -2.13.